The van der Waals surface area contributed by atoms with Crippen LogP contribution < -0.4 is 15.8 Å². The van der Waals surface area contributed by atoms with Crippen LogP contribution in [0.1, 0.15) is 26.5 Å². The van der Waals surface area contributed by atoms with E-state index in [-0.39, 0.29) is 18.3 Å². The first kappa shape index (κ1) is 17.9. The number of ether oxygens (including phenoxy) is 1. The third-order valence-electron chi connectivity index (χ3n) is 3.80. The normalized spacial score (nSPS) is 11.1. The Labute approximate surface area is 151 Å². The predicted octanol–water partition coefficient (Wildman–Crippen LogP) is 2.82. The van der Waals surface area contributed by atoms with Crippen molar-refractivity contribution in [1.82, 2.24) is 20.5 Å². The first-order valence-corrected chi connectivity index (χ1v) is 8.38. The molecule has 0 saturated heterocycles. The fourth-order valence-electron chi connectivity index (χ4n) is 2.35. The molecule has 3 N–H and O–H groups in total. The van der Waals surface area contributed by atoms with E-state index < -0.39 is 6.61 Å². The van der Waals surface area contributed by atoms with E-state index >= 15 is 0 Å². The zero-order valence-electron chi connectivity index (χ0n) is 13.9. The summed E-state index contributed by atoms with van der Waals surface area (Å²) in [6, 6.07) is 2.85. The number of aromatic nitrogens is 3. The second-order valence-corrected chi connectivity index (χ2v) is 6.50. The number of carbonyl (C=O) groups excluding carboxylic acids is 1. The van der Waals surface area contributed by atoms with Crippen molar-refractivity contribution in [2.75, 3.05) is 5.73 Å². The molecule has 0 radical (unpaired) electrons. The maximum atomic E-state index is 12.4. The summed E-state index contributed by atoms with van der Waals surface area (Å²) in [4.78, 5) is 17.2. The summed E-state index contributed by atoms with van der Waals surface area (Å²) in [6.07, 6.45) is 1.35. The number of pyridine rings is 1. The molecule has 0 atom stereocenters. The molecule has 3 heterocycles. The second kappa shape index (κ2) is 7.16. The van der Waals surface area contributed by atoms with Gasteiger partial charge in [0.15, 0.2) is 0 Å². The molecular formula is C16H15F2N5O2S. The molecule has 0 aromatic carbocycles. The SMILES string of the molecule is Cc1nnc2sc(C(=O)NCc3ccc(OC(F)F)nc3)c(N)c2c1C. The van der Waals surface area contributed by atoms with Gasteiger partial charge in [-0.2, -0.15) is 13.9 Å². The summed E-state index contributed by atoms with van der Waals surface area (Å²) < 4.78 is 28.4. The molecule has 0 fully saturated rings. The van der Waals surface area contributed by atoms with Gasteiger partial charge in [-0.1, -0.05) is 6.07 Å². The Kier molecular flexibility index (Phi) is 4.94. The van der Waals surface area contributed by atoms with Crippen molar-refractivity contribution in [3.8, 4) is 5.88 Å². The molecule has 0 saturated carbocycles. The summed E-state index contributed by atoms with van der Waals surface area (Å²) >= 11 is 1.17. The van der Waals surface area contributed by atoms with E-state index in [9.17, 15) is 13.6 Å². The van der Waals surface area contributed by atoms with Crippen LogP contribution in [-0.2, 0) is 6.54 Å². The molecule has 0 aliphatic rings. The Balaban J connectivity index is 1.73. The fourth-order valence-corrected chi connectivity index (χ4v) is 3.37. The minimum atomic E-state index is -2.93. The molecule has 3 aromatic heterocycles. The van der Waals surface area contributed by atoms with Crippen LogP contribution in [0.5, 0.6) is 5.88 Å². The number of hydrogen-bond acceptors (Lipinski definition) is 7. The van der Waals surface area contributed by atoms with Crippen LogP contribution in [0.4, 0.5) is 14.5 Å². The van der Waals surface area contributed by atoms with Crippen molar-refractivity contribution in [3.63, 3.8) is 0 Å². The van der Waals surface area contributed by atoms with Crippen LogP contribution in [0.2, 0.25) is 0 Å². The van der Waals surface area contributed by atoms with Gasteiger partial charge in [-0.25, -0.2) is 4.98 Å². The molecule has 136 valence electrons. The van der Waals surface area contributed by atoms with Crippen molar-refractivity contribution in [1.29, 1.82) is 0 Å². The first-order chi connectivity index (χ1) is 12.4. The lowest BCUT2D eigenvalue weighted by atomic mass is 10.1. The molecule has 0 bridgehead atoms. The molecule has 0 spiro atoms. The topological polar surface area (TPSA) is 103 Å². The highest BCUT2D eigenvalue weighted by Gasteiger charge is 2.19. The number of nitrogens with zero attached hydrogens (tertiary/aromatic N) is 3. The van der Waals surface area contributed by atoms with Gasteiger partial charge in [0.25, 0.3) is 5.91 Å². The Bertz CT molecular complexity index is 959. The molecule has 10 heteroatoms. The highest BCUT2D eigenvalue weighted by Crippen LogP contribution is 2.34. The third kappa shape index (κ3) is 3.54. The number of thiophene rings is 1. The number of fused-ring (bicyclic) bond motifs is 1. The predicted molar refractivity (Wildman–Crippen MR) is 93.3 cm³/mol. The lowest BCUT2D eigenvalue weighted by Crippen LogP contribution is -2.22. The number of carbonyl (C=O) groups is 1. The number of nitrogens with two attached hydrogens (primary N) is 1. The van der Waals surface area contributed by atoms with E-state index in [4.69, 9.17) is 5.73 Å². The van der Waals surface area contributed by atoms with Gasteiger partial charge in [-0.15, -0.1) is 16.4 Å². The van der Waals surface area contributed by atoms with Gasteiger partial charge >= 0.3 is 6.61 Å². The molecule has 0 aliphatic heterocycles. The van der Waals surface area contributed by atoms with Crippen LogP contribution in [0.25, 0.3) is 10.2 Å². The number of halogens is 2. The number of amides is 1. The Morgan fingerprint density at radius 3 is 2.77 bits per heavy atom. The molecule has 1 amide bonds. The van der Waals surface area contributed by atoms with Crippen molar-refractivity contribution in [2.24, 2.45) is 0 Å². The number of alkyl halides is 2. The maximum absolute atomic E-state index is 12.4. The molecule has 3 rings (SSSR count). The number of rotatable bonds is 5. The van der Waals surface area contributed by atoms with E-state index in [2.05, 4.69) is 25.2 Å². The van der Waals surface area contributed by atoms with Crippen LogP contribution in [0, 0.1) is 13.8 Å². The van der Waals surface area contributed by atoms with E-state index in [1.165, 1.54) is 29.7 Å². The Morgan fingerprint density at radius 1 is 1.35 bits per heavy atom. The van der Waals surface area contributed by atoms with Crippen molar-refractivity contribution in [3.05, 3.63) is 40.0 Å². The maximum Gasteiger partial charge on any atom is 0.388 e. The van der Waals surface area contributed by atoms with Gasteiger partial charge in [0.2, 0.25) is 5.88 Å². The van der Waals surface area contributed by atoms with Gasteiger partial charge in [0, 0.05) is 24.2 Å². The quantitative estimate of drug-likeness (QED) is 0.707. The number of anilines is 1. The molecule has 26 heavy (non-hydrogen) atoms. The standard InChI is InChI=1S/C16H15F2N5O2S/c1-7-8(2)22-23-15-11(7)12(19)13(26-15)14(24)21-6-9-3-4-10(20-5-9)25-16(17)18/h3-5,16H,6,19H2,1-2H3,(H,21,24). The smallest absolute Gasteiger partial charge is 0.388 e. The minimum Gasteiger partial charge on any atom is -0.417 e. The molecule has 3 aromatic rings. The number of nitrogens with one attached hydrogen (secondary N) is 1. The highest BCUT2D eigenvalue weighted by molar-refractivity contribution is 7.21. The van der Waals surface area contributed by atoms with Crippen LogP contribution in [0.3, 0.4) is 0 Å². The fraction of sp³-hybridized carbons (Fsp3) is 0.250. The number of hydrogen-bond donors (Lipinski definition) is 2. The molecule has 7 nitrogen and oxygen atoms in total. The van der Waals surface area contributed by atoms with Gasteiger partial charge in [-0.3, -0.25) is 4.79 Å². The number of nitrogen functional groups attached to an aromatic ring is 1. The average molecular weight is 379 g/mol. The molecule has 0 aliphatic carbocycles. The second-order valence-electron chi connectivity index (χ2n) is 5.50. The summed E-state index contributed by atoms with van der Waals surface area (Å²) in [5, 5.41) is 11.6. The van der Waals surface area contributed by atoms with Gasteiger partial charge in [0.1, 0.15) is 9.71 Å². The van der Waals surface area contributed by atoms with Gasteiger partial charge in [-0.05, 0) is 25.0 Å². The van der Waals surface area contributed by atoms with Crippen LogP contribution >= 0.6 is 11.3 Å². The molecule has 0 unspecified atom stereocenters. The van der Waals surface area contributed by atoms with Crippen molar-refractivity contribution < 1.29 is 18.3 Å². The Morgan fingerprint density at radius 2 is 2.12 bits per heavy atom. The summed E-state index contributed by atoms with van der Waals surface area (Å²) in [5.41, 5.74) is 8.78. The largest absolute Gasteiger partial charge is 0.417 e. The zero-order chi connectivity index (χ0) is 18.8. The minimum absolute atomic E-state index is 0.165. The van der Waals surface area contributed by atoms with Crippen LogP contribution in [-0.4, -0.2) is 27.7 Å². The third-order valence-corrected chi connectivity index (χ3v) is 4.89. The summed E-state index contributed by atoms with van der Waals surface area (Å²) in [6.45, 7) is 0.941. The first-order valence-electron chi connectivity index (χ1n) is 7.56. The van der Waals surface area contributed by atoms with Gasteiger partial charge < -0.3 is 15.8 Å². The monoisotopic (exact) mass is 379 g/mol. The van der Waals surface area contributed by atoms with E-state index in [1.807, 2.05) is 13.8 Å². The van der Waals surface area contributed by atoms with E-state index in [0.717, 1.165) is 16.6 Å². The summed E-state index contributed by atoms with van der Waals surface area (Å²) in [7, 11) is 0. The highest BCUT2D eigenvalue weighted by atomic mass is 32.1. The number of aryl methyl sites for hydroxylation is 2. The molecular weight excluding hydrogens is 364 g/mol. The zero-order valence-corrected chi connectivity index (χ0v) is 14.7. The lowest BCUT2D eigenvalue weighted by molar-refractivity contribution is -0.0528. The Hall–Kier alpha value is -2.88. The summed E-state index contributed by atoms with van der Waals surface area (Å²) in [5.74, 6) is -0.538. The van der Waals surface area contributed by atoms with E-state index in [0.29, 0.717) is 21.0 Å². The lowest BCUT2D eigenvalue weighted by Gasteiger charge is -2.06. The van der Waals surface area contributed by atoms with Gasteiger partial charge in [0.05, 0.1) is 11.4 Å². The van der Waals surface area contributed by atoms with Crippen molar-refractivity contribution >= 4 is 33.1 Å². The van der Waals surface area contributed by atoms with Crippen LogP contribution in [0.15, 0.2) is 18.3 Å². The van der Waals surface area contributed by atoms with E-state index in [1.54, 1.807) is 0 Å². The van der Waals surface area contributed by atoms with Crippen molar-refractivity contribution in [2.45, 2.75) is 27.0 Å². The average Bonchev–Trinajstić information content (AvgIpc) is 2.94.